The molecule has 5 amide bonds. The Labute approximate surface area is 812 Å². The number of carboxylic acids is 1. The van der Waals surface area contributed by atoms with Crippen LogP contribution >= 0.6 is 73.7 Å². The van der Waals surface area contributed by atoms with Crippen molar-refractivity contribution < 1.29 is 79.6 Å². The summed E-state index contributed by atoms with van der Waals surface area (Å²) < 4.78 is 6.47. The molecule has 0 bridgehead atoms. The van der Waals surface area contributed by atoms with Gasteiger partial charge in [-0.25, -0.2) is 44.9 Å². The average Bonchev–Trinajstić information content (AvgIpc) is 1.58. The Kier molecular flexibility index (Phi) is 38.3. The van der Waals surface area contributed by atoms with Gasteiger partial charge in [0.25, 0.3) is 0 Å². The fourth-order valence-electron chi connectivity index (χ4n) is 15.2. The molecule has 3 radical (unpaired) electrons. The second kappa shape index (κ2) is 46.4. The van der Waals surface area contributed by atoms with Crippen LogP contribution in [-0.4, -0.2) is 186 Å². The van der Waals surface area contributed by atoms with E-state index in [0.29, 0.717) is 108 Å². The Bertz CT molecular complexity index is 6030. The maximum atomic E-state index is 13.6. The quantitative estimate of drug-likeness (QED) is 0.0264. The summed E-state index contributed by atoms with van der Waals surface area (Å²) in [5.74, 6) is 2.63. The van der Waals surface area contributed by atoms with Crippen molar-refractivity contribution in [3.8, 4) is 33.4 Å². The second-order valence-electron chi connectivity index (χ2n) is 29.4. The molecular formula is C83H88BBr3ClN21NaO10S6. The number of aliphatic hydroxyl groups is 1. The molecule has 0 spiro atoms. The third-order valence-electron chi connectivity index (χ3n) is 21.0. The molecule has 653 valence electrons. The van der Waals surface area contributed by atoms with Crippen LogP contribution in [0.1, 0.15) is 126 Å². The van der Waals surface area contributed by atoms with Gasteiger partial charge in [0.15, 0.2) is 11.6 Å². The topological polar surface area (TPSA) is 401 Å². The molecule has 6 N–H and O–H groups in total. The number of piperidine rings is 3. The number of carboxylic acid groups (broad SMARTS) is 1. The van der Waals surface area contributed by atoms with E-state index in [1.165, 1.54) is 25.0 Å². The van der Waals surface area contributed by atoms with Crippen LogP contribution in [0.15, 0.2) is 160 Å². The third-order valence-corrected chi connectivity index (χ3v) is 22.3. The standard InChI is InChI=1S/C27H26BrN7O3.C27H24BrN7O3.C16H14N4O3.C11H12BrN3O.2CH4.B.ClH.Na.S3.S2.H2S.H/c2*1-14(36)26-19-8-16(18-11-29-15(2)30-12-18)6-7-20(19)34(33-26)13-25(37)35-21-9-17(21)10-22(35)27(38)32-24-5-3-4-23(28)31-24;1-9(21)16-13-5-11(12-6-17-10(2)18-7-12)3-4-14(13)20(19-16)8-15(22)23;12-9-2-1-3-10(14-9)15-11(16)8-5-6-4-7(6)13-8;;;;;;1-3-2;1-2;;/h3-8,11-12,14,17,21-22,36H,9-10,13H2,1-2H3,(H,31,32,38);3-8,11-12,17,21-22H,9-10,13H2,1-2H3,(H,31,32,38);3-7H,8H2,1-2H3,(H,22,23);1-3,6-8,13H,4-5H2,(H,14,15,16);2*1H4;;1H;;;;1H2;/q;;;;;;;;+1;;;;-1/t14-,17+,21?,22-;17-,21?,22+;;6-,7?,8+;;;;;;;;;/m01.1........./s1. The number of pyridine rings is 3. The van der Waals surface area contributed by atoms with Crippen molar-refractivity contribution in [2.45, 2.75) is 157 Å². The van der Waals surface area contributed by atoms with Crippen molar-refractivity contribution in [3.63, 3.8) is 0 Å². The Morgan fingerprint density at radius 2 is 0.849 bits per heavy atom. The second-order valence-corrected chi connectivity index (χ2v) is 33.6. The van der Waals surface area contributed by atoms with E-state index in [4.69, 9.17) is 5.11 Å². The van der Waals surface area contributed by atoms with Gasteiger partial charge in [0.1, 0.15) is 91.8 Å². The van der Waals surface area contributed by atoms with Gasteiger partial charge in [-0.15, -0.1) is 12.4 Å². The number of anilines is 3. The van der Waals surface area contributed by atoms with Crippen LogP contribution in [0.5, 0.6) is 0 Å². The van der Waals surface area contributed by atoms with Gasteiger partial charge in [0.2, 0.25) is 29.5 Å². The van der Waals surface area contributed by atoms with E-state index < -0.39 is 24.2 Å². The van der Waals surface area contributed by atoms with Gasteiger partial charge in [-0.2, -0.15) is 28.8 Å². The van der Waals surface area contributed by atoms with E-state index >= 15 is 0 Å². The van der Waals surface area contributed by atoms with Crippen LogP contribution < -0.4 is 50.8 Å². The van der Waals surface area contributed by atoms with Gasteiger partial charge < -0.3 is 42.7 Å². The Morgan fingerprint density at radius 3 is 1.18 bits per heavy atom. The first-order chi connectivity index (χ1) is 57.6. The number of hydrogen-bond donors (Lipinski definition) is 6. The van der Waals surface area contributed by atoms with Crippen molar-refractivity contribution in [1.29, 1.82) is 0 Å². The number of likely N-dealkylation sites (tertiary alicyclic amines) is 2. The number of Topliss-reactive ketones (excluding diaryl/α,β-unsaturated/α-hetero) is 2. The van der Waals surface area contributed by atoms with Crippen molar-refractivity contribution >= 4 is 233 Å². The molecule has 3 aliphatic carbocycles. The van der Waals surface area contributed by atoms with E-state index in [-0.39, 0.29) is 165 Å². The minimum atomic E-state index is -1.01. The van der Waals surface area contributed by atoms with E-state index in [2.05, 4.69) is 174 Å². The van der Waals surface area contributed by atoms with E-state index in [1.807, 2.05) is 74.5 Å². The van der Waals surface area contributed by atoms with Gasteiger partial charge in [-0.1, -0.05) is 51.3 Å². The number of carbonyl (C=O) groups is 8. The summed E-state index contributed by atoms with van der Waals surface area (Å²) in [6.07, 6.45) is 14.8. The Morgan fingerprint density at radius 1 is 0.508 bits per heavy atom. The summed E-state index contributed by atoms with van der Waals surface area (Å²) in [6.45, 7) is 9.58. The molecule has 6 fully saturated rings. The largest absolute Gasteiger partial charge is 1.00 e. The first kappa shape index (κ1) is 104. The molecular weight excluding hydrogens is 1950 g/mol. The molecule has 12 aromatic rings. The molecule has 3 saturated carbocycles. The van der Waals surface area contributed by atoms with E-state index in [0.717, 1.165) is 82.9 Å². The number of fused-ring (bicyclic) bond motifs is 6. The molecule has 43 heteroatoms. The molecule has 9 aromatic heterocycles. The fourth-order valence-corrected chi connectivity index (χ4v) is 16.2. The van der Waals surface area contributed by atoms with Gasteiger partial charge in [0, 0.05) is 164 Å². The van der Waals surface area contributed by atoms with Crippen LogP contribution in [0.2, 0.25) is 0 Å². The van der Waals surface area contributed by atoms with Gasteiger partial charge in [0.05, 0.1) is 34.4 Å². The number of halogens is 4. The minimum absolute atomic E-state index is 0. The summed E-state index contributed by atoms with van der Waals surface area (Å²) in [4.78, 5) is 142. The maximum Gasteiger partial charge on any atom is 1.00 e. The van der Waals surface area contributed by atoms with Crippen LogP contribution in [0.25, 0.3) is 66.1 Å². The number of benzene rings is 3. The molecule has 3 saturated heterocycles. The number of aliphatic hydroxyl groups excluding tert-OH is 1. The van der Waals surface area contributed by atoms with Crippen molar-refractivity contribution in [2.75, 3.05) is 16.0 Å². The zero-order valence-electron chi connectivity index (χ0n) is 68.4. The summed E-state index contributed by atoms with van der Waals surface area (Å²) in [7, 11) is 0.917. The fraction of sp³-hybridized carbons (Fsp3) is 0.325. The molecule has 12 heterocycles. The predicted octanol–water partition coefficient (Wildman–Crippen LogP) is 9.58. The summed E-state index contributed by atoms with van der Waals surface area (Å²) >= 11 is 25.5. The molecule has 31 nitrogen and oxygen atoms in total. The molecule has 3 aliphatic heterocycles. The number of hydrogen-bond acceptors (Lipinski definition) is 26. The molecule has 6 aliphatic rings. The van der Waals surface area contributed by atoms with Crippen molar-refractivity contribution in [2.24, 2.45) is 17.8 Å². The summed E-state index contributed by atoms with van der Waals surface area (Å²) in [6, 6.07) is 32.4. The average molecular weight is 2040 g/mol. The first-order valence-electron chi connectivity index (χ1n) is 37.7. The molecule has 10 atom stereocenters. The third kappa shape index (κ3) is 25.1. The van der Waals surface area contributed by atoms with Crippen LogP contribution in [-0.2, 0) is 102 Å². The molecule has 3 aromatic carbocycles. The SMILES string of the molecule is C.C.CC(=O)c1nn(CC(=O)N2C3C[C@@H]3C[C@H]2C(=O)Nc2cccc(Br)n2)c2ccc(-c3cnc(C)nc3)cc12.CC(=O)c1nn(CC(=O)O)c2ccc(-c3cnc(C)nc3)cc12.Cc1ncc(-c2ccc3c(c2)c([C@H](C)O)nn3CC(=O)N2C3C[C@@H]3C[C@H]2C(=O)Nc2cccc(Br)n2)cn1.Cl.O=C(Nc1cccc(Br)n1)[C@@H]1C[C@H]2CC2N1.S.S=S.S=S=S.[B].[H-].[Na+]. The predicted molar refractivity (Wildman–Crippen MR) is 509 cm³/mol. The summed E-state index contributed by atoms with van der Waals surface area (Å²) in [5, 5.41) is 46.5. The van der Waals surface area contributed by atoms with Gasteiger partial charge in [-0.3, -0.25) is 52.4 Å². The van der Waals surface area contributed by atoms with Crippen LogP contribution in [0, 0.1) is 38.5 Å². The van der Waals surface area contributed by atoms with Crippen molar-refractivity contribution in [3.05, 3.63) is 195 Å². The smallest absolute Gasteiger partial charge is 1.00 e. The number of aromatic nitrogens is 15. The van der Waals surface area contributed by atoms with Crippen LogP contribution in [0.4, 0.5) is 17.5 Å². The monoisotopic (exact) mass is 2040 g/mol. The van der Waals surface area contributed by atoms with E-state index in [1.54, 1.807) is 119 Å². The zero-order valence-corrected chi connectivity index (χ0v) is 80.1. The zero-order chi connectivity index (χ0) is 85.5. The number of rotatable bonds is 18. The first-order valence-corrected chi connectivity index (χ1v) is 44.1. The molecule has 18 rings (SSSR count). The normalized spacial score (nSPS) is 18.3. The Hall–Kier alpha value is -8.92. The van der Waals surface area contributed by atoms with Crippen LogP contribution in [0.3, 0.4) is 0 Å². The van der Waals surface area contributed by atoms with Gasteiger partial charge >= 0.3 is 35.5 Å². The Balaban J connectivity index is 0.000000263. The number of nitrogens with one attached hydrogen (secondary N) is 4. The summed E-state index contributed by atoms with van der Waals surface area (Å²) in [5.41, 5.74) is 8.13. The number of carbonyl (C=O) groups excluding carboxylic acids is 7. The van der Waals surface area contributed by atoms with E-state index in [9.17, 15) is 43.5 Å². The number of amides is 5. The minimum Gasteiger partial charge on any atom is -1.00 e. The molecule has 126 heavy (non-hydrogen) atoms. The number of nitrogens with zero attached hydrogens (tertiary/aromatic N) is 17. The number of aryl methyl sites for hydroxylation is 3. The number of aliphatic carboxylic acids is 1. The maximum absolute atomic E-state index is 13.6. The van der Waals surface area contributed by atoms with Gasteiger partial charge in [-0.05, 0) is 221 Å². The van der Waals surface area contributed by atoms with Crippen molar-refractivity contribution in [1.82, 2.24) is 89.3 Å². The molecule has 3 unspecified atom stereocenters. The number of ketones is 2.